The van der Waals surface area contributed by atoms with Crippen LogP contribution in [0.3, 0.4) is 0 Å². The fourth-order valence-corrected chi connectivity index (χ4v) is 3.46. The highest BCUT2D eigenvalue weighted by molar-refractivity contribution is 6.01. The van der Waals surface area contributed by atoms with Gasteiger partial charge in [0, 0.05) is 12.1 Å². The quantitative estimate of drug-likeness (QED) is 0.156. The SMILES string of the molecule is COc1cc(/C=C/C(=O)Oc2ccc(/C=C(\C#N)C(=O)NC(C)C)cc2OC)ccc1OCc1ccccc1. The lowest BCUT2D eigenvalue weighted by atomic mass is 10.1. The van der Waals surface area contributed by atoms with Gasteiger partial charge in [0.2, 0.25) is 0 Å². The van der Waals surface area contributed by atoms with Crippen molar-refractivity contribution in [1.82, 2.24) is 5.32 Å². The predicted molar refractivity (Wildman–Crippen MR) is 148 cm³/mol. The Morgan fingerprint density at radius 3 is 2.21 bits per heavy atom. The zero-order valence-electron chi connectivity index (χ0n) is 22.3. The molecule has 0 fully saturated rings. The summed E-state index contributed by atoms with van der Waals surface area (Å²) in [4.78, 5) is 24.7. The first-order chi connectivity index (χ1) is 18.8. The number of benzene rings is 3. The first kappa shape index (κ1) is 28.5. The van der Waals surface area contributed by atoms with Crippen LogP contribution in [0.25, 0.3) is 12.2 Å². The molecule has 200 valence electrons. The molecule has 8 nitrogen and oxygen atoms in total. The number of amides is 1. The molecular formula is C31H30N2O6. The molecule has 0 heterocycles. The van der Waals surface area contributed by atoms with Gasteiger partial charge in [0.05, 0.1) is 14.2 Å². The van der Waals surface area contributed by atoms with Gasteiger partial charge >= 0.3 is 5.97 Å². The maximum Gasteiger partial charge on any atom is 0.336 e. The second-order valence-corrected chi connectivity index (χ2v) is 8.65. The summed E-state index contributed by atoms with van der Waals surface area (Å²) in [5.74, 6) is 0.491. The minimum absolute atomic E-state index is 0.0506. The summed E-state index contributed by atoms with van der Waals surface area (Å²) in [6.45, 7) is 4.01. The molecule has 0 aliphatic heterocycles. The largest absolute Gasteiger partial charge is 0.493 e. The Morgan fingerprint density at radius 2 is 1.54 bits per heavy atom. The second-order valence-electron chi connectivity index (χ2n) is 8.65. The number of hydrogen-bond donors (Lipinski definition) is 1. The fourth-order valence-electron chi connectivity index (χ4n) is 3.46. The molecule has 1 amide bonds. The van der Waals surface area contributed by atoms with E-state index in [0.717, 1.165) is 5.56 Å². The van der Waals surface area contributed by atoms with Crippen LogP contribution >= 0.6 is 0 Å². The lowest BCUT2D eigenvalue weighted by molar-refractivity contribution is -0.129. The van der Waals surface area contributed by atoms with Gasteiger partial charge < -0.3 is 24.3 Å². The van der Waals surface area contributed by atoms with Crippen LogP contribution in [0.1, 0.15) is 30.5 Å². The molecule has 0 aromatic heterocycles. The van der Waals surface area contributed by atoms with Crippen molar-refractivity contribution in [2.24, 2.45) is 0 Å². The zero-order chi connectivity index (χ0) is 28.2. The number of nitrogens with zero attached hydrogens (tertiary/aromatic N) is 1. The number of carbonyl (C=O) groups excluding carboxylic acids is 2. The van der Waals surface area contributed by atoms with Crippen LogP contribution in [0.4, 0.5) is 0 Å². The molecule has 0 saturated heterocycles. The molecule has 3 aromatic carbocycles. The van der Waals surface area contributed by atoms with Gasteiger partial charge in [-0.05, 0) is 67.0 Å². The van der Waals surface area contributed by atoms with Crippen molar-refractivity contribution in [1.29, 1.82) is 5.26 Å². The summed E-state index contributed by atoms with van der Waals surface area (Å²) >= 11 is 0. The van der Waals surface area contributed by atoms with Crippen molar-refractivity contribution in [3.05, 3.63) is 95.1 Å². The van der Waals surface area contributed by atoms with Gasteiger partial charge in [-0.2, -0.15) is 5.26 Å². The van der Waals surface area contributed by atoms with E-state index in [1.807, 2.05) is 36.4 Å². The maximum absolute atomic E-state index is 12.5. The average molecular weight is 527 g/mol. The smallest absolute Gasteiger partial charge is 0.336 e. The van der Waals surface area contributed by atoms with Gasteiger partial charge in [-0.15, -0.1) is 0 Å². The molecule has 1 N–H and O–H groups in total. The van der Waals surface area contributed by atoms with Crippen LogP contribution in [0, 0.1) is 11.3 Å². The van der Waals surface area contributed by atoms with Crippen molar-refractivity contribution in [3.8, 4) is 29.1 Å². The molecule has 8 heteroatoms. The number of methoxy groups -OCH3 is 2. The molecule has 0 aliphatic rings. The minimum atomic E-state index is -0.617. The molecule has 0 unspecified atom stereocenters. The van der Waals surface area contributed by atoms with E-state index < -0.39 is 11.9 Å². The van der Waals surface area contributed by atoms with Crippen molar-refractivity contribution in [2.45, 2.75) is 26.5 Å². The summed E-state index contributed by atoms with van der Waals surface area (Å²) in [6.07, 6.45) is 4.32. The Morgan fingerprint density at radius 1 is 0.897 bits per heavy atom. The topological polar surface area (TPSA) is 107 Å². The van der Waals surface area contributed by atoms with Crippen molar-refractivity contribution < 1.29 is 28.5 Å². The Bertz CT molecular complexity index is 1400. The monoisotopic (exact) mass is 526 g/mol. The minimum Gasteiger partial charge on any atom is -0.493 e. The highest BCUT2D eigenvalue weighted by Crippen LogP contribution is 2.31. The van der Waals surface area contributed by atoms with Crippen molar-refractivity contribution in [2.75, 3.05) is 14.2 Å². The van der Waals surface area contributed by atoms with E-state index in [4.69, 9.17) is 18.9 Å². The van der Waals surface area contributed by atoms with Crippen molar-refractivity contribution in [3.63, 3.8) is 0 Å². The molecular weight excluding hydrogens is 496 g/mol. The fraction of sp³-hybridized carbons (Fsp3) is 0.194. The summed E-state index contributed by atoms with van der Waals surface area (Å²) in [5.41, 5.74) is 2.24. The molecule has 0 bridgehead atoms. The zero-order valence-corrected chi connectivity index (χ0v) is 22.3. The Kier molecular flexibility index (Phi) is 10.3. The summed E-state index contributed by atoms with van der Waals surface area (Å²) in [5, 5.41) is 12.0. The first-order valence-electron chi connectivity index (χ1n) is 12.2. The Balaban J connectivity index is 1.68. The predicted octanol–water partition coefficient (Wildman–Crippen LogP) is 5.33. The van der Waals surface area contributed by atoms with E-state index in [0.29, 0.717) is 29.2 Å². The molecule has 3 rings (SSSR count). The maximum atomic E-state index is 12.5. The summed E-state index contributed by atoms with van der Waals surface area (Å²) in [7, 11) is 2.98. The van der Waals surface area contributed by atoms with E-state index in [2.05, 4.69) is 5.32 Å². The third-order valence-electron chi connectivity index (χ3n) is 5.33. The van der Waals surface area contributed by atoms with E-state index in [9.17, 15) is 14.9 Å². The second kappa shape index (κ2) is 14.1. The standard InChI is InChI=1S/C31H30N2O6/c1-21(2)33-31(35)25(19-32)16-24-11-14-27(29(18-24)37-4)39-30(34)15-12-22-10-13-26(28(17-22)36-3)38-20-23-8-6-5-7-9-23/h5-18,21H,20H2,1-4H3,(H,33,35)/b15-12+,25-16+. The normalized spacial score (nSPS) is 11.1. The third-order valence-corrected chi connectivity index (χ3v) is 5.33. The lowest BCUT2D eigenvalue weighted by Crippen LogP contribution is -2.30. The molecule has 0 radical (unpaired) electrons. The highest BCUT2D eigenvalue weighted by Gasteiger charge is 2.13. The lowest BCUT2D eigenvalue weighted by Gasteiger charge is -2.11. The van der Waals surface area contributed by atoms with E-state index in [-0.39, 0.29) is 23.1 Å². The third kappa shape index (κ3) is 8.51. The van der Waals surface area contributed by atoms with Gasteiger partial charge in [-0.1, -0.05) is 42.5 Å². The van der Waals surface area contributed by atoms with Gasteiger partial charge in [0.25, 0.3) is 5.91 Å². The van der Waals surface area contributed by atoms with E-state index >= 15 is 0 Å². The number of hydrogen-bond acceptors (Lipinski definition) is 7. The molecule has 39 heavy (non-hydrogen) atoms. The van der Waals surface area contributed by atoms with E-state index in [1.165, 1.54) is 25.3 Å². The van der Waals surface area contributed by atoms with Crippen LogP contribution in [0.2, 0.25) is 0 Å². The Hall–Kier alpha value is -5.03. The highest BCUT2D eigenvalue weighted by atomic mass is 16.6. The van der Waals surface area contributed by atoms with Crippen LogP contribution in [-0.2, 0) is 16.2 Å². The first-order valence-corrected chi connectivity index (χ1v) is 12.2. The molecule has 3 aromatic rings. The van der Waals surface area contributed by atoms with Crippen LogP contribution in [0.5, 0.6) is 23.0 Å². The summed E-state index contributed by atoms with van der Waals surface area (Å²) in [6, 6.07) is 21.6. The van der Waals surface area contributed by atoms with Crippen LogP contribution in [0.15, 0.2) is 78.4 Å². The number of nitriles is 1. The number of nitrogens with one attached hydrogen (secondary N) is 1. The number of esters is 1. The number of ether oxygens (including phenoxy) is 4. The van der Waals surface area contributed by atoms with Gasteiger partial charge in [0.15, 0.2) is 23.0 Å². The van der Waals surface area contributed by atoms with Gasteiger partial charge in [0.1, 0.15) is 18.2 Å². The molecule has 0 spiro atoms. The van der Waals surface area contributed by atoms with Crippen LogP contribution in [-0.4, -0.2) is 32.1 Å². The number of carbonyl (C=O) groups is 2. The molecule has 0 aliphatic carbocycles. The summed E-state index contributed by atoms with van der Waals surface area (Å²) < 4.78 is 22.1. The Labute approximate surface area is 228 Å². The van der Waals surface area contributed by atoms with Gasteiger partial charge in [-0.25, -0.2) is 4.79 Å². The molecule has 0 saturated carbocycles. The van der Waals surface area contributed by atoms with Gasteiger partial charge in [-0.3, -0.25) is 4.79 Å². The van der Waals surface area contributed by atoms with Crippen molar-refractivity contribution >= 4 is 24.0 Å². The molecule has 0 atom stereocenters. The van der Waals surface area contributed by atoms with Crippen LogP contribution < -0.4 is 24.3 Å². The number of rotatable bonds is 11. The average Bonchev–Trinajstić information content (AvgIpc) is 2.94. The van der Waals surface area contributed by atoms with E-state index in [1.54, 1.807) is 57.4 Å².